The van der Waals surface area contributed by atoms with Gasteiger partial charge in [-0.2, -0.15) is 0 Å². The molecule has 0 aromatic rings. The van der Waals surface area contributed by atoms with E-state index in [1.165, 1.54) is 83.5 Å². The van der Waals surface area contributed by atoms with Gasteiger partial charge in [0, 0.05) is 19.8 Å². The number of hydrogen-bond donors (Lipinski definition) is 4. The predicted molar refractivity (Wildman–Crippen MR) is 107 cm³/mol. The largest absolute Gasteiger partial charge is 0.381 e. The van der Waals surface area contributed by atoms with Gasteiger partial charge in [-0.25, -0.2) is 0 Å². The molecule has 0 aromatic carbocycles. The summed E-state index contributed by atoms with van der Waals surface area (Å²) in [6.45, 7) is 2.52. The number of unbranched alkanes of at least 4 members (excludes halogenated alkanes) is 13. The van der Waals surface area contributed by atoms with Crippen LogP contribution in [-0.2, 0) is 4.74 Å². The minimum Gasteiger partial charge on any atom is -0.381 e. The van der Waals surface area contributed by atoms with E-state index in [-0.39, 0.29) is 0 Å². The highest BCUT2D eigenvalue weighted by molar-refractivity contribution is 4.50. The number of ether oxygens (including phenoxy) is 1. The summed E-state index contributed by atoms with van der Waals surface area (Å²) in [5.41, 5.74) is 7.98. The molecule has 0 fully saturated rings. The molecule has 5 heteroatoms. The van der Waals surface area contributed by atoms with E-state index in [1.54, 1.807) is 0 Å². The molecular weight excluding hydrogens is 314 g/mol. The molecule has 0 aromatic heterocycles. The minimum atomic E-state index is -0.687. The van der Waals surface area contributed by atoms with Crippen molar-refractivity contribution in [3.8, 4) is 0 Å². The number of hydrogen-bond acceptors (Lipinski definition) is 5. The van der Waals surface area contributed by atoms with Gasteiger partial charge in [0.15, 0.2) is 0 Å². The molecule has 152 valence electrons. The molecule has 0 bridgehead atoms. The summed E-state index contributed by atoms with van der Waals surface area (Å²) >= 11 is 0. The van der Waals surface area contributed by atoms with Crippen LogP contribution in [0.2, 0.25) is 0 Å². The third-order valence-corrected chi connectivity index (χ3v) is 4.65. The lowest BCUT2D eigenvalue weighted by atomic mass is 10.0. The summed E-state index contributed by atoms with van der Waals surface area (Å²) in [5.74, 6) is 5.25. The fourth-order valence-corrected chi connectivity index (χ4v) is 3.05. The van der Waals surface area contributed by atoms with Crippen LogP contribution in [0.5, 0.6) is 0 Å². The Hall–Kier alpha value is -0.200. The Bertz CT molecular complexity index is 241. The molecule has 0 aliphatic heterocycles. The fourth-order valence-electron chi connectivity index (χ4n) is 3.05. The maximum atomic E-state index is 8.92. The first-order chi connectivity index (χ1) is 12.3. The van der Waals surface area contributed by atoms with E-state index < -0.39 is 6.23 Å². The van der Waals surface area contributed by atoms with Crippen molar-refractivity contribution in [1.82, 2.24) is 5.43 Å². The predicted octanol–water partition coefficient (Wildman–Crippen LogP) is 3.99. The van der Waals surface area contributed by atoms with Crippen molar-refractivity contribution in [3.63, 3.8) is 0 Å². The summed E-state index contributed by atoms with van der Waals surface area (Å²) in [6, 6.07) is 0. The Morgan fingerprint density at radius 1 is 0.640 bits per heavy atom. The third-order valence-electron chi connectivity index (χ3n) is 4.65. The van der Waals surface area contributed by atoms with Crippen molar-refractivity contribution in [2.45, 2.75) is 109 Å². The van der Waals surface area contributed by atoms with Gasteiger partial charge in [-0.1, -0.05) is 77.0 Å². The molecule has 0 radical (unpaired) electrons. The topological polar surface area (TPSA) is 93.5 Å². The second-order valence-corrected chi connectivity index (χ2v) is 7.23. The van der Waals surface area contributed by atoms with Crippen molar-refractivity contribution < 1.29 is 9.84 Å². The molecule has 0 spiro atoms. The molecule has 0 amide bonds. The Labute approximate surface area is 156 Å². The van der Waals surface area contributed by atoms with Gasteiger partial charge in [0.25, 0.3) is 0 Å². The molecular formula is C20H45N3O2. The maximum absolute atomic E-state index is 8.92. The average Bonchev–Trinajstić information content (AvgIpc) is 2.60. The molecule has 25 heavy (non-hydrogen) atoms. The first-order valence-corrected chi connectivity index (χ1v) is 10.7. The lowest BCUT2D eigenvalue weighted by Gasteiger charge is -2.06. The van der Waals surface area contributed by atoms with Crippen LogP contribution in [0.4, 0.5) is 0 Å². The average molecular weight is 360 g/mol. The lowest BCUT2D eigenvalue weighted by molar-refractivity contribution is 0.106. The normalized spacial score (nSPS) is 12.6. The van der Waals surface area contributed by atoms with Gasteiger partial charge < -0.3 is 15.6 Å². The lowest BCUT2D eigenvalue weighted by Crippen LogP contribution is -2.22. The molecule has 0 saturated carbocycles. The van der Waals surface area contributed by atoms with Crippen LogP contribution in [-0.4, -0.2) is 31.1 Å². The van der Waals surface area contributed by atoms with Crippen LogP contribution < -0.4 is 17.0 Å². The Morgan fingerprint density at radius 2 is 1.04 bits per heavy atom. The van der Waals surface area contributed by atoms with Gasteiger partial charge >= 0.3 is 0 Å². The van der Waals surface area contributed by atoms with Crippen LogP contribution in [0.15, 0.2) is 0 Å². The fraction of sp³-hybridized carbons (Fsp3) is 1.00. The van der Waals surface area contributed by atoms with E-state index in [2.05, 4.69) is 5.43 Å². The van der Waals surface area contributed by atoms with Crippen molar-refractivity contribution in [1.29, 1.82) is 0 Å². The quantitative estimate of drug-likeness (QED) is 0.108. The van der Waals surface area contributed by atoms with Gasteiger partial charge in [0.1, 0.15) is 6.23 Å². The van der Waals surface area contributed by atoms with Crippen LogP contribution in [0.1, 0.15) is 103 Å². The summed E-state index contributed by atoms with van der Waals surface area (Å²) in [4.78, 5) is 0. The molecule has 1 unspecified atom stereocenters. The van der Waals surface area contributed by atoms with E-state index in [4.69, 9.17) is 21.4 Å². The number of rotatable bonds is 21. The smallest absolute Gasteiger partial charge is 0.102 e. The summed E-state index contributed by atoms with van der Waals surface area (Å²) in [7, 11) is 0. The number of aliphatic hydroxyl groups is 1. The highest BCUT2D eigenvalue weighted by Crippen LogP contribution is 2.13. The molecule has 6 N–H and O–H groups in total. The van der Waals surface area contributed by atoms with E-state index in [0.29, 0.717) is 6.42 Å². The summed E-state index contributed by atoms with van der Waals surface area (Å²) in [5, 5.41) is 8.92. The number of nitrogens with one attached hydrogen (secondary N) is 1. The number of aliphatic hydroxyl groups excluding tert-OH is 1. The number of nitrogens with two attached hydrogens (primary N) is 2. The third kappa shape index (κ3) is 23.8. The first kappa shape index (κ1) is 24.8. The molecule has 0 aliphatic rings. The minimum absolute atomic E-state index is 0.631. The van der Waals surface area contributed by atoms with Gasteiger partial charge in [0.2, 0.25) is 0 Å². The van der Waals surface area contributed by atoms with Gasteiger partial charge in [-0.15, -0.1) is 0 Å². The van der Waals surface area contributed by atoms with Crippen LogP contribution in [0.3, 0.4) is 0 Å². The highest BCUT2D eigenvalue weighted by atomic mass is 16.5. The zero-order valence-electron chi connectivity index (χ0n) is 16.5. The van der Waals surface area contributed by atoms with E-state index >= 15 is 0 Å². The second kappa shape index (κ2) is 21.8. The summed E-state index contributed by atoms with van der Waals surface area (Å²) in [6.07, 6.45) is 19.6. The molecule has 0 aliphatic carbocycles. The van der Waals surface area contributed by atoms with Crippen molar-refractivity contribution in [3.05, 3.63) is 0 Å². The van der Waals surface area contributed by atoms with E-state index in [0.717, 1.165) is 32.6 Å². The zero-order valence-corrected chi connectivity index (χ0v) is 16.5. The van der Waals surface area contributed by atoms with Crippen molar-refractivity contribution >= 4 is 0 Å². The van der Waals surface area contributed by atoms with E-state index in [1.807, 2.05) is 0 Å². The standard InChI is InChI=1S/C20H45N3O2/c21-20(24)16-15-19-25-18-14-12-10-8-6-4-2-1-3-5-7-9-11-13-17-23-22/h20,23-24H,1-19,21-22H2. The molecule has 1 atom stereocenters. The second-order valence-electron chi connectivity index (χ2n) is 7.23. The van der Waals surface area contributed by atoms with Crippen LogP contribution >= 0.6 is 0 Å². The van der Waals surface area contributed by atoms with Crippen LogP contribution in [0.25, 0.3) is 0 Å². The zero-order chi connectivity index (χ0) is 18.4. The Kier molecular flexibility index (Phi) is 21.7. The van der Waals surface area contributed by atoms with Crippen molar-refractivity contribution in [2.24, 2.45) is 11.6 Å². The molecule has 0 saturated heterocycles. The van der Waals surface area contributed by atoms with Gasteiger partial charge in [0.05, 0.1) is 0 Å². The summed E-state index contributed by atoms with van der Waals surface area (Å²) < 4.78 is 5.53. The molecule has 0 heterocycles. The molecule has 0 rings (SSSR count). The number of hydrazine groups is 1. The van der Waals surface area contributed by atoms with Crippen molar-refractivity contribution in [2.75, 3.05) is 19.8 Å². The van der Waals surface area contributed by atoms with E-state index in [9.17, 15) is 0 Å². The van der Waals surface area contributed by atoms with Gasteiger partial charge in [-0.05, 0) is 25.7 Å². The highest BCUT2D eigenvalue weighted by Gasteiger charge is 1.97. The molecule has 5 nitrogen and oxygen atoms in total. The monoisotopic (exact) mass is 359 g/mol. The first-order valence-electron chi connectivity index (χ1n) is 10.7. The Morgan fingerprint density at radius 3 is 1.48 bits per heavy atom. The Balaban J connectivity index is 2.96. The maximum Gasteiger partial charge on any atom is 0.102 e. The van der Waals surface area contributed by atoms with Gasteiger partial charge in [-0.3, -0.25) is 11.3 Å². The SMILES string of the molecule is NNCCCCCCCCCCCCCCCCOCCCC(N)O. The van der Waals surface area contributed by atoms with Crippen LogP contribution in [0, 0.1) is 0 Å².